The molecule has 14 heavy (non-hydrogen) atoms. The molecule has 0 radical (unpaired) electrons. The summed E-state index contributed by atoms with van der Waals surface area (Å²) in [6, 6.07) is 0. The van der Waals surface area contributed by atoms with Crippen molar-refractivity contribution < 1.29 is 18.3 Å². The van der Waals surface area contributed by atoms with Crippen LogP contribution < -0.4 is 5.73 Å². The third kappa shape index (κ3) is 2.68. The first kappa shape index (κ1) is 13.4. The molecule has 0 saturated heterocycles. The Bertz CT molecular complexity index is 296. The van der Waals surface area contributed by atoms with Gasteiger partial charge in [0.25, 0.3) is 0 Å². The molecule has 0 spiro atoms. The van der Waals surface area contributed by atoms with Crippen molar-refractivity contribution in [3.05, 3.63) is 0 Å². The van der Waals surface area contributed by atoms with Crippen molar-refractivity contribution in [1.82, 2.24) is 0 Å². The molecule has 0 aromatic heterocycles. The van der Waals surface area contributed by atoms with Crippen molar-refractivity contribution in [2.75, 3.05) is 6.54 Å². The van der Waals surface area contributed by atoms with Crippen LogP contribution in [0.1, 0.15) is 20.8 Å². The summed E-state index contributed by atoms with van der Waals surface area (Å²) in [6.07, 6.45) is 0. The van der Waals surface area contributed by atoms with Crippen LogP contribution in [0.3, 0.4) is 0 Å². The van der Waals surface area contributed by atoms with Crippen LogP contribution in [0.4, 0.5) is 0 Å². The summed E-state index contributed by atoms with van der Waals surface area (Å²) in [5.74, 6) is -1.49. The quantitative estimate of drug-likeness (QED) is 0.676. The predicted octanol–water partition coefficient (Wildman–Crippen LogP) is -0.142. The van der Waals surface area contributed by atoms with Crippen LogP contribution in [0, 0.1) is 5.92 Å². The molecule has 6 heteroatoms. The van der Waals surface area contributed by atoms with Gasteiger partial charge in [-0.3, -0.25) is 4.79 Å². The van der Waals surface area contributed by atoms with E-state index in [2.05, 4.69) is 0 Å². The van der Waals surface area contributed by atoms with Crippen LogP contribution in [0.5, 0.6) is 0 Å². The van der Waals surface area contributed by atoms with Gasteiger partial charge in [0.15, 0.2) is 15.1 Å². The third-order valence-electron chi connectivity index (χ3n) is 2.34. The minimum Gasteiger partial charge on any atom is -0.480 e. The molecular weight excluding hydrogens is 206 g/mol. The smallest absolute Gasteiger partial charge is 0.323 e. The summed E-state index contributed by atoms with van der Waals surface area (Å²) in [7, 11) is -3.67. The van der Waals surface area contributed by atoms with E-state index in [1.807, 2.05) is 0 Å². The molecule has 5 nitrogen and oxygen atoms in total. The van der Waals surface area contributed by atoms with Crippen molar-refractivity contribution >= 4 is 15.8 Å². The lowest BCUT2D eigenvalue weighted by Gasteiger charge is -2.20. The topological polar surface area (TPSA) is 97.5 Å². The average Bonchev–Trinajstić information content (AvgIpc) is 2.02. The van der Waals surface area contributed by atoms with E-state index in [4.69, 9.17) is 10.8 Å². The summed E-state index contributed by atoms with van der Waals surface area (Å²) in [5.41, 5.74) is 5.14. The monoisotopic (exact) mass is 223 g/mol. The van der Waals surface area contributed by atoms with E-state index in [-0.39, 0.29) is 12.5 Å². The molecule has 84 valence electrons. The Kier molecular flexibility index (Phi) is 4.54. The zero-order chi connectivity index (χ0) is 11.5. The molecular formula is C8H17NO4S. The number of rotatable bonds is 5. The molecule has 0 aromatic rings. The molecule has 0 bridgehead atoms. The molecule has 0 fully saturated rings. The second-order valence-electron chi connectivity index (χ2n) is 3.60. The standard InChI is InChI=1S/C8H17NO4S/c1-5(2)6(3)14(12,13)7(4-9)8(10)11/h5-7H,4,9H2,1-3H3,(H,10,11). The van der Waals surface area contributed by atoms with Crippen LogP contribution in [0.15, 0.2) is 0 Å². The first-order chi connectivity index (χ1) is 6.25. The lowest BCUT2D eigenvalue weighted by Crippen LogP contribution is -2.43. The van der Waals surface area contributed by atoms with Gasteiger partial charge in [-0.25, -0.2) is 8.42 Å². The van der Waals surface area contributed by atoms with Gasteiger partial charge in [0.2, 0.25) is 0 Å². The average molecular weight is 223 g/mol. The summed E-state index contributed by atoms with van der Waals surface area (Å²) in [4.78, 5) is 10.6. The Hall–Kier alpha value is -0.620. The Labute approximate surface area is 84.2 Å². The molecule has 3 N–H and O–H groups in total. The normalized spacial score (nSPS) is 16.6. The molecule has 0 aliphatic carbocycles. The van der Waals surface area contributed by atoms with Gasteiger partial charge in [-0.2, -0.15) is 0 Å². The minimum atomic E-state index is -3.67. The predicted molar refractivity (Wildman–Crippen MR) is 53.7 cm³/mol. The van der Waals surface area contributed by atoms with Gasteiger partial charge >= 0.3 is 5.97 Å². The maximum absolute atomic E-state index is 11.7. The number of sulfone groups is 1. The molecule has 0 heterocycles. The largest absolute Gasteiger partial charge is 0.480 e. The Balaban J connectivity index is 5.03. The number of aliphatic carboxylic acids is 1. The molecule has 0 amide bonds. The maximum Gasteiger partial charge on any atom is 0.323 e. The van der Waals surface area contributed by atoms with E-state index in [1.54, 1.807) is 13.8 Å². The van der Waals surface area contributed by atoms with Crippen molar-refractivity contribution in [1.29, 1.82) is 0 Å². The number of carboxylic acids is 1. The first-order valence-electron chi connectivity index (χ1n) is 4.40. The van der Waals surface area contributed by atoms with E-state index in [0.717, 1.165) is 0 Å². The third-order valence-corrected chi connectivity index (χ3v) is 5.11. The van der Waals surface area contributed by atoms with Gasteiger partial charge in [-0.1, -0.05) is 13.8 Å². The van der Waals surface area contributed by atoms with Gasteiger partial charge in [-0.05, 0) is 12.8 Å². The van der Waals surface area contributed by atoms with Crippen molar-refractivity contribution in [3.63, 3.8) is 0 Å². The van der Waals surface area contributed by atoms with Gasteiger partial charge in [-0.15, -0.1) is 0 Å². The van der Waals surface area contributed by atoms with Crippen molar-refractivity contribution in [2.45, 2.75) is 31.3 Å². The van der Waals surface area contributed by atoms with Gasteiger partial charge in [0.05, 0.1) is 5.25 Å². The maximum atomic E-state index is 11.7. The number of nitrogens with two attached hydrogens (primary N) is 1. The van der Waals surface area contributed by atoms with Crippen LogP contribution in [0.2, 0.25) is 0 Å². The Morgan fingerprint density at radius 1 is 1.36 bits per heavy atom. The van der Waals surface area contributed by atoms with E-state index in [1.165, 1.54) is 6.92 Å². The fourth-order valence-corrected chi connectivity index (χ4v) is 2.84. The Morgan fingerprint density at radius 2 is 1.79 bits per heavy atom. The fraction of sp³-hybridized carbons (Fsp3) is 0.875. The second kappa shape index (κ2) is 4.75. The van der Waals surface area contributed by atoms with Gasteiger partial charge in [0, 0.05) is 6.54 Å². The SMILES string of the molecule is CC(C)C(C)S(=O)(=O)C(CN)C(=O)O. The first-order valence-corrected chi connectivity index (χ1v) is 6.01. The highest BCUT2D eigenvalue weighted by atomic mass is 32.2. The van der Waals surface area contributed by atoms with Crippen LogP contribution in [0.25, 0.3) is 0 Å². The molecule has 0 rings (SSSR count). The van der Waals surface area contributed by atoms with Crippen molar-refractivity contribution in [3.8, 4) is 0 Å². The Morgan fingerprint density at radius 3 is 2.00 bits per heavy atom. The minimum absolute atomic E-state index is 0.117. The highest BCUT2D eigenvalue weighted by molar-refractivity contribution is 7.93. The number of hydrogen-bond donors (Lipinski definition) is 2. The highest BCUT2D eigenvalue weighted by Gasteiger charge is 2.36. The zero-order valence-corrected chi connectivity index (χ0v) is 9.41. The zero-order valence-electron chi connectivity index (χ0n) is 8.60. The van der Waals surface area contributed by atoms with Gasteiger partial charge < -0.3 is 10.8 Å². The highest BCUT2D eigenvalue weighted by Crippen LogP contribution is 2.16. The molecule has 2 unspecified atom stereocenters. The lowest BCUT2D eigenvalue weighted by molar-refractivity contribution is -0.136. The summed E-state index contributed by atoms with van der Waals surface area (Å²) in [6.45, 7) is 4.59. The lowest BCUT2D eigenvalue weighted by atomic mass is 10.2. The van der Waals surface area contributed by atoms with Gasteiger partial charge in [0.1, 0.15) is 0 Å². The number of carboxylic acid groups (broad SMARTS) is 1. The molecule has 2 atom stereocenters. The number of carbonyl (C=O) groups is 1. The van der Waals surface area contributed by atoms with Crippen molar-refractivity contribution in [2.24, 2.45) is 11.7 Å². The van der Waals surface area contributed by atoms with Crippen LogP contribution in [-0.4, -0.2) is 36.5 Å². The van der Waals surface area contributed by atoms with Crippen LogP contribution in [-0.2, 0) is 14.6 Å². The second-order valence-corrected chi connectivity index (χ2v) is 6.09. The van der Waals surface area contributed by atoms with Crippen LogP contribution >= 0.6 is 0 Å². The van der Waals surface area contributed by atoms with E-state index in [9.17, 15) is 13.2 Å². The van der Waals surface area contributed by atoms with E-state index < -0.39 is 26.3 Å². The summed E-state index contributed by atoms with van der Waals surface area (Å²) >= 11 is 0. The molecule has 0 aliphatic rings. The molecule has 0 aliphatic heterocycles. The number of hydrogen-bond acceptors (Lipinski definition) is 4. The molecule has 0 aromatic carbocycles. The summed E-state index contributed by atoms with van der Waals surface area (Å²) < 4.78 is 23.4. The van der Waals surface area contributed by atoms with E-state index >= 15 is 0 Å². The summed E-state index contributed by atoms with van der Waals surface area (Å²) in [5, 5.41) is 6.51. The fourth-order valence-electron chi connectivity index (χ4n) is 1.01. The molecule has 0 saturated carbocycles. The van der Waals surface area contributed by atoms with E-state index in [0.29, 0.717) is 0 Å².